The van der Waals surface area contributed by atoms with E-state index in [2.05, 4.69) is 53.4 Å². The van der Waals surface area contributed by atoms with E-state index in [0.717, 1.165) is 67.9 Å². The summed E-state index contributed by atoms with van der Waals surface area (Å²) in [7, 11) is 0. The van der Waals surface area contributed by atoms with Gasteiger partial charge in [0.15, 0.2) is 0 Å². The van der Waals surface area contributed by atoms with Gasteiger partial charge in [0.1, 0.15) is 12.4 Å². The van der Waals surface area contributed by atoms with E-state index >= 15 is 0 Å². The first-order valence-electron chi connectivity index (χ1n) is 11.4. The molecule has 3 nitrogen and oxygen atoms in total. The van der Waals surface area contributed by atoms with Crippen LogP contribution in [0.1, 0.15) is 46.0 Å². The van der Waals surface area contributed by atoms with Crippen LogP contribution >= 0.6 is 11.6 Å². The fraction of sp³-hybridized carbons (Fsp3) is 0.321. The minimum atomic E-state index is -0.0687. The molecule has 0 spiro atoms. The number of piperidine rings is 1. The molecule has 1 fully saturated rings. The summed E-state index contributed by atoms with van der Waals surface area (Å²) < 4.78 is 6.49. The number of ether oxygens (including phenoxy) is 1. The minimum Gasteiger partial charge on any atom is -0.368 e. The summed E-state index contributed by atoms with van der Waals surface area (Å²) in [6, 6.07) is 26.3. The lowest BCUT2D eigenvalue weighted by atomic mass is 9.96. The van der Waals surface area contributed by atoms with Crippen molar-refractivity contribution in [1.82, 2.24) is 4.90 Å². The Balaban J connectivity index is 1.27. The maximum absolute atomic E-state index is 10.8. The average molecular weight is 448 g/mol. The maximum atomic E-state index is 10.8. The highest BCUT2D eigenvalue weighted by Crippen LogP contribution is 2.29. The zero-order valence-corrected chi connectivity index (χ0v) is 19.1. The quantitative estimate of drug-likeness (QED) is 0.365. The second kappa shape index (κ2) is 11.4. The molecule has 32 heavy (non-hydrogen) atoms. The van der Waals surface area contributed by atoms with Gasteiger partial charge in [0.25, 0.3) is 0 Å². The van der Waals surface area contributed by atoms with E-state index in [1.54, 1.807) is 0 Å². The van der Waals surface area contributed by atoms with Crippen molar-refractivity contribution in [2.45, 2.75) is 25.4 Å². The Bertz CT molecular complexity index is 965. The van der Waals surface area contributed by atoms with Crippen molar-refractivity contribution in [3.63, 3.8) is 0 Å². The summed E-state index contributed by atoms with van der Waals surface area (Å²) in [4.78, 5) is 13.3. The van der Waals surface area contributed by atoms with Crippen LogP contribution in [0.3, 0.4) is 0 Å². The van der Waals surface area contributed by atoms with Crippen LogP contribution in [0.5, 0.6) is 0 Å². The van der Waals surface area contributed by atoms with Crippen LogP contribution in [-0.4, -0.2) is 37.4 Å². The molecule has 4 rings (SSSR count). The molecule has 0 saturated carbocycles. The molecule has 0 radical (unpaired) electrons. The molecule has 0 aromatic heterocycles. The lowest BCUT2D eigenvalue weighted by Gasteiger charge is -2.32. The summed E-state index contributed by atoms with van der Waals surface area (Å²) in [6.45, 7) is 4.05. The van der Waals surface area contributed by atoms with Gasteiger partial charge in [-0.3, -0.25) is 4.79 Å². The van der Waals surface area contributed by atoms with Gasteiger partial charge in [-0.05, 0) is 67.1 Å². The first-order valence-corrected chi connectivity index (χ1v) is 11.8. The van der Waals surface area contributed by atoms with E-state index in [0.29, 0.717) is 5.92 Å². The van der Waals surface area contributed by atoms with Gasteiger partial charge < -0.3 is 9.64 Å². The van der Waals surface area contributed by atoms with Crippen LogP contribution in [0.15, 0.2) is 78.9 Å². The van der Waals surface area contributed by atoms with Crippen LogP contribution in [0.4, 0.5) is 0 Å². The van der Waals surface area contributed by atoms with Gasteiger partial charge >= 0.3 is 0 Å². The van der Waals surface area contributed by atoms with Crippen molar-refractivity contribution in [3.8, 4) is 0 Å². The number of halogens is 1. The SMILES string of the molecule is O=Cc1ccc(CCN2CCC(COC(c3ccccc3)c3ccc(Cl)cc3)CC2)cc1. The molecule has 1 atom stereocenters. The lowest BCUT2D eigenvalue weighted by Crippen LogP contribution is -2.36. The van der Waals surface area contributed by atoms with Crippen LogP contribution < -0.4 is 0 Å². The monoisotopic (exact) mass is 447 g/mol. The van der Waals surface area contributed by atoms with E-state index in [4.69, 9.17) is 16.3 Å². The average Bonchev–Trinajstić information content (AvgIpc) is 2.85. The van der Waals surface area contributed by atoms with E-state index in [9.17, 15) is 4.79 Å². The van der Waals surface area contributed by atoms with Crippen molar-refractivity contribution in [3.05, 3.63) is 106 Å². The molecule has 1 unspecified atom stereocenters. The molecule has 1 aliphatic rings. The zero-order chi connectivity index (χ0) is 22.2. The minimum absolute atomic E-state index is 0.0687. The van der Waals surface area contributed by atoms with Gasteiger partial charge in [0, 0.05) is 17.1 Å². The molecular formula is C28H30ClNO2. The fourth-order valence-electron chi connectivity index (χ4n) is 4.31. The Hall–Kier alpha value is -2.46. The Morgan fingerprint density at radius 3 is 2.22 bits per heavy atom. The summed E-state index contributed by atoms with van der Waals surface area (Å²) in [5.41, 5.74) is 4.34. The summed E-state index contributed by atoms with van der Waals surface area (Å²) in [5, 5.41) is 0.743. The number of hydrogen-bond donors (Lipinski definition) is 0. The van der Waals surface area contributed by atoms with Crippen LogP contribution in [-0.2, 0) is 11.2 Å². The smallest absolute Gasteiger partial charge is 0.150 e. The molecular weight excluding hydrogens is 418 g/mol. The molecule has 0 amide bonds. The predicted octanol–water partition coefficient (Wildman–Crippen LogP) is 6.21. The zero-order valence-electron chi connectivity index (χ0n) is 18.3. The number of carbonyl (C=O) groups excluding carboxylic acids is 1. The topological polar surface area (TPSA) is 29.5 Å². The number of aldehydes is 1. The molecule has 166 valence electrons. The maximum Gasteiger partial charge on any atom is 0.150 e. The molecule has 3 aromatic carbocycles. The summed E-state index contributed by atoms with van der Waals surface area (Å²) in [5.74, 6) is 0.580. The summed E-state index contributed by atoms with van der Waals surface area (Å²) >= 11 is 6.09. The molecule has 0 N–H and O–H groups in total. The largest absolute Gasteiger partial charge is 0.368 e. The van der Waals surface area contributed by atoms with Gasteiger partial charge in [0.2, 0.25) is 0 Å². The Morgan fingerprint density at radius 2 is 1.56 bits per heavy atom. The normalized spacial score (nSPS) is 16.0. The molecule has 1 aliphatic heterocycles. The molecule has 0 bridgehead atoms. The van der Waals surface area contributed by atoms with Crippen LogP contribution in [0.2, 0.25) is 5.02 Å². The number of nitrogens with zero attached hydrogens (tertiary/aromatic N) is 1. The first-order chi connectivity index (χ1) is 15.7. The van der Waals surface area contributed by atoms with Crippen LogP contribution in [0, 0.1) is 5.92 Å². The third-order valence-corrected chi connectivity index (χ3v) is 6.57. The van der Waals surface area contributed by atoms with Crippen molar-refractivity contribution in [2.75, 3.05) is 26.2 Å². The molecule has 0 aliphatic carbocycles. The third-order valence-electron chi connectivity index (χ3n) is 6.31. The van der Waals surface area contributed by atoms with Gasteiger partial charge in [0.05, 0.1) is 6.61 Å². The lowest BCUT2D eigenvalue weighted by molar-refractivity contribution is 0.0311. The summed E-state index contributed by atoms with van der Waals surface area (Å²) in [6.07, 6.45) is 4.16. The van der Waals surface area contributed by atoms with Gasteiger partial charge in [-0.2, -0.15) is 0 Å². The fourth-order valence-corrected chi connectivity index (χ4v) is 4.44. The number of likely N-dealkylation sites (tertiary alicyclic amines) is 1. The Kier molecular flexibility index (Phi) is 8.11. The predicted molar refractivity (Wildman–Crippen MR) is 130 cm³/mol. The van der Waals surface area contributed by atoms with E-state index in [1.165, 1.54) is 11.1 Å². The van der Waals surface area contributed by atoms with E-state index in [1.807, 2.05) is 30.3 Å². The molecule has 4 heteroatoms. The van der Waals surface area contributed by atoms with Gasteiger partial charge in [-0.1, -0.05) is 78.3 Å². The number of benzene rings is 3. The third kappa shape index (κ3) is 6.29. The Morgan fingerprint density at radius 1 is 0.906 bits per heavy atom. The van der Waals surface area contributed by atoms with E-state index in [-0.39, 0.29) is 6.10 Å². The van der Waals surface area contributed by atoms with Crippen molar-refractivity contribution >= 4 is 17.9 Å². The van der Waals surface area contributed by atoms with Gasteiger partial charge in [-0.25, -0.2) is 0 Å². The highest BCUT2D eigenvalue weighted by Gasteiger charge is 2.22. The standard InChI is InChI=1S/C28H30ClNO2/c29-27-12-10-26(11-13-27)28(25-4-2-1-3-5-25)32-21-24-15-18-30(19-16-24)17-14-22-6-8-23(20-31)9-7-22/h1-13,20,24,28H,14-19,21H2. The van der Waals surface area contributed by atoms with Gasteiger partial charge in [-0.15, -0.1) is 0 Å². The second-order valence-electron chi connectivity index (χ2n) is 8.57. The molecule has 3 aromatic rings. The number of rotatable bonds is 9. The second-order valence-corrected chi connectivity index (χ2v) is 9.01. The number of hydrogen-bond acceptors (Lipinski definition) is 3. The molecule has 1 heterocycles. The highest BCUT2D eigenvalue weighted by atomic mass is 35.5. The Labute approximate surface area is 196 Å². The molecule has 1 saturated heterocycles. The van der Waals surface area contributed by atoms with Crippen molar-refractivity contribution in [1.29, 1.82) is 0 Å². The van der Waals surface area contributed by atoms with E-state index < -0.39 is 0 Å². The van der Waals surface area contributed by atoms with Crippen molar-refractivity contribution < 1.29 is 9.53 Å². The highest BCUT2D eigenvalue weighted by molar-refractivity contribution is 6.30. The first kappa shape index (κ1) is 22.7. The van der Waals surface area contributed by atoms with Crippen molar-refractivity contribution in [2.24, 2.45) is 5.92 Å². The van der Waals surface area contributed by atoms with Crippen LogP contribution in [0.25, 0.3) is 0 Å². The number of carbonyl (C=O) groups is 1.